The van der Waals surface area contributed by atoms with Crippen molar-refractivity contribution >= 4 is 5.91 Å². The van der Waals surface area contributed by atoms with Gasteiger partial charge in [-0.05, 0) is 44.9 Å². The minimum Gasteiger partial charge on any atom is -0.424 e. The minimum atomic E-state index is -4.62. The van der Waals surface area contributed by atoms with Crippen LogP contribution in [0.15, 0.2) is 16.8 Å². The molecule has 1 amide bonds. The van der Waals surface area contributed by atoms with Crippen LogP contribution in [-0.2, 0) is 19.7 Å². The highest BCUT2D eigenvalue weighted by molar-refractivity contribution is 5.79. The zero-order valence-corrected chi connectivity index (χ0v) is 17.6. The molecule has 33 heavy (non-hydrogen) atoms. The van der Waals surface area contributed by atoms with Gasteiger partial charge in [0.2, 0.25) is 17.7 Å². The number of halogens is 3. The van der Waals surface area contributed by atoms with E-state index in [-0.39, 0.29) is 54.4 Å². The number of carbonyl (C=O) groups excluding carboxylic acids is 1. The second kappa shape index (κ2) is 7.23. The lowest BCUT2D eigenvalue weighted by molar-refractivity contribution is -0.352. The van der Waals surface area contributed by atoms with Crippen LogP contribution in [-0.4, -0.2) is 61.8 Å². The van der Waals surface area contributed by atoms with Gasteiger partial charge in [0.15, 0.2) is 0 Å². The van der Waals surface area contributed by atoms with Crippen molar-refractivity contribution in [3.63, 3.8) is 0 Å². The second-order valence-electron chi connectivity index (χ2n) is 9.85. The molecule has 0 atom stereocenters. The predicted octanol–water partition coefficient (Wildman–Crippen LogP) is 2.15. The number of hydrogen-bond acceptors (Lipinski definition) is 8. The van der Waals surface area contributed by atoms with Gasteiger partial charge < -0.3 is 14.5 Å². The fourth-order valence-electron chi connectivity index (χ4n) is 5.62. The second-order valence-corrected chi connectivity index (χ2v) is 9.85. The van der Waals surface area contributed by atoms with E-state index in [1.165, 1.54) is 0 Å². The fourth-order valence-corrected chi connectivity index (χ4v) is 5.62. The standard InChI is InChI=1S/C20H23F3N6O4/c21-20(22,23)33-14-3-11(4-14)16-27-28-17(32-16)18-8-19(9-18,10-18)26-15(30)7-31-13-5-12(6-13)29-24-1-2-25-29/h1-2,11-14H,3-10H2,(H,26,30)/t11?,12-,13+,14?,18?,19?. The molecule has 0 radical (unpaired) electrons. The first-order chi connectivity index (χ1) is 15.7. The van der Waals surface area contributed by atoms with E-state index < -0.39 is 12.5 Å². The molecule has 0 aliphatic heterocycles. The summed E-state index contributed by atoms with van der Waals surface area (Å²) in [5, 5.41) is 19.5. The van der Waals surface area contributed by atoms with E-state index >= 15 is 0 Å². The summed E-state index contributed by atoms with van der Waals surface area (Å²) < 4.78 is 52.3. The van der Waals surface area contributed by atoms with E-state index in [0.29, 0.717) is 31.0 Å². The maximum atomic E-state index is 12.3. The maximum absolute atomic E-state index is 12.3. The van der Waals surface area contributed by atoms with Crippen LogP contribution in [0.4, 0.5) is 13.2 Å². The van der Waals surface area contributed by atoms with Gasteiger partial charge in [-0.3, -0.25) is 9.53 Å². The molecule has 0 unspecified atom stereocenters. The summed E-state index contributed by atoms with van der Waals surface area (Å²) in [6.45, 7) is 0.0201. The molecule has 0 spiro atoms. The lowest BCUT2D eigenvalue weighted by Gasteiger charge is -2.68. The van der Waals surface area contributed by atoms with Crippen molar-refractivity contribution in [2.45, 2.75) is 86.4 Å². The highest BCUT2D eigenvalue weighted by atomic mass is 19.4. The fraction of sp³-hybridized carbons (Fsp3) is 0.750. The smallest absolute Gasteiger partial charge is 0.424 e. The Labute approximate surface area is 186 Å². The average molecular weight is 468 g/mol. The minimum absolute atomic E-state index is 0.0201. The molecule has 0 saturated heterocycles. The number of nitrogens with one attached hydrogen (secondary N) is 1. The molecule has 5 aliphatic carbocycles. The molecular formula is C20H23F3N6O4. The SMILES string of the molecule is O=C(CO[C@H]1C[C@@H](n2nccn2)C1)NC12CC(c3nnc(C4CC(OC(F)(F)F)C4)o3)(C1)C2. The van der Waals surface area contributed by atoms with Gasteiger partial charge in [-0.15, -0.1) is 23.4 Å². The van der Waals surface area contributed by atoms with Gasteiger partial charge in [-0.25, -0.2) is 0 Å². The Balaban J connectivity index is 0.924. The Hall–Kier alpha value is -2.54. The molecule has 0 aromatic carbocycles. The summed E-state index contributed by atoms with van der Waals surface area (Å²) in [7, 11) is 0. The summed E-state index contributed by atoms with van der Waals surface area (Å²) in [6.07, 6.45) is 2.01. The van der Waals surface area contributed by atoms with Crippen LogP contribution < -0.4 is 5.32 Å². The van der Waals surface area contributed by atoms with Crippen molar-refractivity contribution < 1.29 is 31.9 Å². The van der Waals surface area contributed by atoms with Crippen molar-refractivity contribution in [2.24, 2.45) is 0 Å². The summed E-state index contributed by atoms with van der Waals surface area (Å²) >= 11 is 0. The molecule has 2 aromatic heterocycles. The van der Waals surface area contributed by atoms with E-state index in [9.17, 15) is 18.0 Å². The molecule has 7 rings (SSSR count). The normalized spacial score (nSPS) is 36.8. The van der Waals surface area contributed by atoms with Gasteiger partial charge >= 0.3 is 6.36 Å². The van der Waals surface area contributed by atoms with Gasteiger partial charge in [0, 0.05) is 11.5 Å². The molecule has 2 bridgehead atoms. The summed E-state index contributed by atoms with van der Waals surface area (Å²) in [5.41, 5.74) is -0.485. The van der Waals surface area contributed by atoms with Gasteiger partial charge in [0.05, 0.1) is 36.1 Å². The third kappa shape index (κ3) is 3.80. The van der Waals surface area contributed by atoms with Crippen LogP contribution in [0, 0.1) is 0 Å². The van der Waals surface area contributed by atoms with Crippen LogP contribution in [0.3, 0.4) is 0 Å². The Morgan fingerprint density at radius 3 is 2.48 bits per heavy atom. The summed E-state index contributed by atoms with van der Waals surface area (Å²) in [5.74, 6) is 0.539. The monoisotopic (exact) mass is 468 g/mol. The third-order valence-corrected chi connectivity index (χ3v) is 7.36. The molecule has 2 aromatic rings. The van der Waals surface area contributed by atoms with Gasteiger partial charge in [-0.2, -0.15) is 15.0 Å². The van der Waals surface area contributed by atoms with Gasteiger partial charge in [0.1, 0.15) is 6.61 Å². The van der Waals surface area contributed by atoms with E-state index in [2.05, 4.69) is 30.4 Å². The van der Waals surface area contributed by atoms with Crippen LogP contribution in [0.25, 0.3) is 0 Å². The number of carbonyl (C=O) groups is 1. The summed E-state index contributed by atoms with van der Waals surface area (Å²) in [4.78, 5) is 14.0. The van der Waals surface area contributed by atoms with Crippen LogP contribution >= 0.6 is 0 Å². The number of hydrogen-bond donors (Lipinski definition) is 1. The Morgan fingerprint density at radius 1 is 1.12 bits per heavy atom. The Kier molecular flexibility index (Phi) is 4.60. The number of ether oxygens (including phenoxy) is 2. The van der Waals surface area contributed by atoms with Crippen LogP contribution in [0.2, 0.25) is 0 Å². The molecule has 1 N–H and O–H groups in total. The molecule has 2 heterocycles. The van der Waals surface area contributed by atoms with Crippen molar-refractivity contribution in [1.82, 2.24) is 30.5 Å². The quantitative estimate of drug-likeness (QED) is 0.627. The number of alkyl halides is 3. The van der Waals surface area contributed by atoms with E-state index in [4.69, 9.17) is 9.15 Å². The van der Waals surface area contributed by atoms with Crippen LogP contribution in [0.5, 0.6) is 0 Å². The first-order valence-electron chi connectivity index (χ1n) is 11.1. The topological polar surface area (TPSA) is 117 Å². The number of nitrogens with zero attached hydrogens (tertiary/aromatic N) is 5. The van der Waals surface area contributed by atoms with E-state index in [0.717, 1.165) is 12.8 Å². The highest BCUT2D eigenvalue weighted by Crippen LogP contribution is 2.67. The lowest BCUT2D eigenvalue weighted by atomic mass is 9.39. The number of amides is 1. The maximum Gasteiger partial charge on any atom is 0.522 e. The van der Waals surface area contributed by atoms with Gasteiger partial charge in [0.25, 0.3) is 0 Å². The average Bonchev–Trinajstić information content (AvgIpc) is 3.29. The Bertz CT molecular complexity index is 1010. The first kappa shape index (κ1) is 21.0. The summed E-state index contributed by atoms with van der Waals surface area (Å²) in [6, 6.07) is 0.229. The van der Waals surface area contributed by atoms with Gasteiger partial charge in [-0.1, -0.05) is 0 Å². The van der Waals surface area contributed by atoms with Crippen molar-refractivity contribution in [3.05, 3.63) is 24.2 Å². The highest BCUT2D eigenvalue weighted by Gasteiger charge is 2.72. The van der Waals surface area contributed by atoms with Crippen molar-refractivity contribution in [3.8, 4) is 0 Å². The molecular weight excluding hydrogens is 445 g/mol. The zero-order chi connectivity index (χ0) is 22.8. The Morgan fingerprint density at radius 2 is 1.82 bits per heavy atom. The van der Waals surface area contributed by atoms with Crippen molar-refractivity contribution in [1.29, 1.82) is 0 Å². The van der Waals surface area contributed by atoms with E-state index in [1.54, 1.807) is 17.2 Å². The predicted molar refractivity (Wildman–Crippen MR) is 102 cm³/mol. The largest absolute Gasteiger partial charge is 0.522 e. The molecule has 13 heteroatoms. The molecule has 5 aliphatic rings. The molecule has 10 nitrogen and oxygen atoms in total. The number of rotatable bonds is 8. The first-order valence-corrected chi connectivity index (χ1v) is 11.1. The van der Waals surface area contributed by atoms with E-state index in [1.807, 2.05) is 0 Å². The van der Waals surface area contributed by atoms with Crippen molar-refractivity contribution in [2.75, 3.05) is 6.61 Å². The number of aromatic nitrogens is 5. The molecule has 178 valence electrons. The van der Waals surface area contributed by atoms with Crippen LogP contribution in [0.1, 0.15) is 68.7 Å². The molecule has 5 saturated carbocycles. The molecule has 5 fully saturated rings. The zero-order valence-electron chi connectivity index (χ0n) is 17.6. The lowest BCUT2D eigenvalue weighted by Crippen LogP contribution is -2.77. The third-order valence-electron chi connectivity index (χ3n) is 7.36.